The Balaban J connectivity index is 1.69. The Morgan fingerprint density at radius 3 is 2.83 bits per heavy atom. The van der Waals surface area contributed by atoms with Crippen LogP contribution in [0.1, 0.15) is 19.8 Å². The molecule has 0 aliphatic carbocycles. The van der Waals surface area contributed by atoms with E-state index in [-0.39, 0.29) is 17.6 Å². The van der Waals surface area contributed by atoms with Crippen molar-refractivity contribution < 1.29 is 13.9 Å². The molecule has 2 heterocycles. The maximum atomic E-state index is 12.1. The first-order valence-corrected chi connectivity index (χ1v) is 8.55. The van der Waals surface area contributed by atoms with E-state index >= 15 is 0 Å². The van der Waals surface area contributed by atoms with Crippen molar-refractivity contribution >= 4 is 33.0 Å². The molecule has 1 aromatic heterocycles. The van der Waals surface area contributed by atoms with Gasteiger partial charge in [-0.15, -0.1) is 0 Å². The van der Waals surface area contributed by atoms with Crippen molar-refractivity contribution in [3.05, 3.63) is 33.2 Å². The van der Waals surface area contributed by atoms with E-state index in [0.717, 1.165) is 35.9 Å². The third kappa shape index (κ3) is 3.50. The molecule has 0 spiro atoms. The van der Waals surface area contributed by atoms with Crippen LogP contribution in [0, 0.1) is 5.92 Å². The SMILES string of the molecule is CCOC(=O)C1CCN(Cn2c(=O)oc3cc(Br)ccc32)CC1. The Labute approximate surface area is 142 Å². The molecular formula is C16H19BrN2O4. The summed E-state index contributed by atoms with van der Waals surface area (Å²) in [5.74, 6) is -0.492. The lowest BCUT2D eigenvalue weighted by Crippen LogP contribution is -2.39. The van der Waals surface area contributed by atoms with Crippen LogP contribution < -0.4 is 5.76 Å². The molecule has 1 aromatic carbocycles. The Morgan fingerprint density at radius 1 is 1.39 bits per heavy atom. The average molecular weight is 383 g/mol. The van der Waals surface area contributed by atoms with Crippen LogP contribution in [0.4, 0.5) is 0 Å². The van der Waals surface area contributed by atoms with E-state index in [9.17, 15) is 9.59 Å². The number of rotatable bonds is 4. The van der Waals surface area contributed by atoms with Gasteiger partial charge in [0.25, 0.3) is 0 Å². The van der Waals surface area contributed by atoms with E-state index in [0.29, 0.717) is 18.9 Å². The molecule has 0 N–H and O–H groups in total. The number of esters is 1. The molecule has 0 atom stereocenters. The molecule has 1 fully saturated rings. The summed E-state index contributed by atoms with van der Waals surface area (Å²) in [5.41, 5.74) is 1.36. The molecule has 0 radical (unpaired) electrons. The van der Waals surface area contributed by atoms with Crippen LogP contribution in [0.25, 0.3) is 11.1 Å². The fourth-order valence-corrected chi connectivity index (χ4v) is 3.28. The second kappa shape index (κ2) is 6.88. The molecule has 1 saturated heterocycles. The molecule has 7 heteroatoms. The Bertz CT molecular complexity index is 759. The number of halogens is 1. The highest BCUT2D eigenvalue weighted by molar-refractivity contribution is 9.10. The van der Waals surface area contributed by atoms with Crippen LogP contribution in [-0.4, -0.2) is 35.1 Å². The van der Waals surface area contributed by atoms with E-state index in [2.05, 4.69) is 20.8 Å². The van der Waals surface area contributed by atoms with Crippen molar-refractivity contribution in [2.45, 2.75) is 26.4 Å². The minimum absolute atomic E-state index is 0.0278. The Kier molecular flexibility index (Phi) is 4.87. The summed E-state index contributed by atoms with van der Waals surface area (Å²) in [6.07, 6.45) is 1.52. The number of piperidine rings is 1. The van der Waals surface area contributed by atoms with E-state index < -0.39 is 0 Å². The zero-order valence-corrected chi connectivity index (χ0v) is 14.5. The molecule has 2 aromatic rings. The van der Waals surface area contributed by atoms with E-state index in [1.54, 1.807) is 10.6 Å². The van der Waals surface area contributed by atoms with Crippen molar-refractivity contribution in [3.63, 3.8) is 0 Å². The van der Waals surface area contributed by atoms with Gasteiger partial charge < -0.3 is 9.15 Å². The molecule has 0 bridgehead atoms. The number of nitrogens with zero attached hydrogens (tertiary/aromatic N) is 2. The van der Waals surface area contributed by atoms with Crippen LogP contribution in [0.15, 0.2) is 31.9 Å². The van der Waals surface area contributed by atoms with E-state index in [4.69, 9.17) is 9.15 Å². The molecule has 0 saturated carbocycles. The summed E-state index contributed by atoms with van der Waals surface area (Å²) in [6, 6.07) is 5.55. The van der Waals surface area contributed by atoms with Gasteiger partial charge in [-0.05, 0) is 38.0 Å². The molecule has 1 aliphatic rings. The Hall–Kier alpha value is -1.60. The monoisotopic (exact) mass is 382 g/mol. The highest BCUT2D eigenvalue weighted by Gasteiger charge is 2.26. The lowest BCUT2D eigenvalue weighted by atomic mass is 9.97. The molecule has 23 heavy (non-hydrogen) atoms. The molecule has 0 unspecified atom stereocenters. The number of carbonyl (C=O) groups excluding carboxylic acids is 1. The third-order valence-corrected chi connectivity index (χ3v) is 4.67. The normalized spacial score (nSPS) is 16.8. The molecule has 0 amide bonds. The molecule has 1 aliphatic heterocycles. The number of hydrogen-bond acceptors (Lipinski definition) is 5. The Morgan fingerprint density at radius 2 is 2.13 bits per heavy atom. The maximum absolute atomic E-state index is 12.1. The smallest absolute Gasteiger partial charge is 0.421 e. The lowest BCUT2D eigenvalue weighted by Gasteiger charge is -2.30. The lowest BCUT2D eigenvalue weighted by molar-refractivity contribution is -0.149. The highest BCUT2D eigenvalue weighted by atomic mass is 79.9. The maximum Gasteiger partial charge on any atom is 0.421 e. The summed E-state index contributed by atoms with van der Waals surface area (Å²) >= 11 is 3.37. The number of fused-ring (bicyclic) bond motifs is 1. The van der Waals surface area contributed by atoms with Gasteiger partial charge in [-0.25, -0.2) is 4.79 Å². The predicted molar refractivity (Wildman–Crippen MR) is 89.1 cm³/mol. The number of likely N-dealkylation sites (tertiary alicyclic amines) is 1. The quantitative estimate of drug-likeness (QED) is 0.760. The predicted octanol–water partition coefficient (Wildman–Crippen LogP) is 2.59. The minimum atomic E-state index is -0.356. The van der Waals surface area contributed by atoms with Crippen molar-refractivity contribution in [1.82, 2.24) is 9.47 Å². The van der Waals surface area contributed by atoms with Gasteiger partial charge in [0.2, 0.25) is 0 Å². The summed E-state index contributed by atoms with van der Waals surface area (Å²) in [4.78, 5) is 26.0. The van der Waals surface area contributed by atoms with Gasteiger partial charge in [-0.3, -0.25) is 14.3 Å². The minimum Gasteiger partial charge on any atom is -0.466 e. The van der Waals surface area contributed by atoms with Crippen molar-refractivity contribution in [2.24, 2.45) is 5.92 Å². The van der Waals surface area contributed by atoms with Crippen molar-refractivity contribution in [3.8, 4) is 0 Å². The van der Waals surface area contributed by atoms with Crippen LogP contribution in [-0.2, 0) is 16.2 Å². The first-order chi connectivity index (χ1) is 11.1. The summed E-state index contributed by atoms with van der Waals surface area (Å²) < 4.78 is 12.9. The standard InChI is InChI=1S/C16H19BrN2O4/c1-2-22-15(20)11-5-7-18(8-6-11)10-19-13-4-3-12(17)9-14(13)23-16(19)21/h3-4,9,11H,2,5-8,10H2,1H3. The van der Waals surface area contributed by atoms with E-state index in [1.807, 2.05) is 19.1 Å². The highest BCUT2D eigenvalue weighted by Crippen LogP contribution is 2.22. The fraction of sp³-hybridized carbons (Fsp3) is 0.500. The van der Waals surface area contributed by atoms with Crippen LogP contribution >= 0.6 is 15.9 Å². The van der Waals surface area contributed by atoms with Gasteiger partial charge in [0.15, 0.2) is 5.58 Å². The second-order valence-corrected chi connectivity index (χ2v) is 6.61. The number of ether oxygens (including phenoxy) is 1. The van der Waals surface area contributed by atoms with Gasteiger partial charge in [0.05, 0.1) is 24.7 Å². The van der Waals surface area contributed by atoms with Crippen LogP contribution in [0.2, 0.25) is 0 Å². The molecule has 6 nitrogen and oxygen atoms in total. The molecule has 3 rings (SSSR count). The van der Waals surface area contributed by atoms with Gasteiger partial charge in [0, 0.05) is 17.6 Å². The number of aromatic nitrogens is 1. The fourth-order valence-electron chi connectivity index (χ4n) is 2.94. The van der Waals surface area contributed by atoms with Gasteiger partial charge >= 0.3 is 11.7 Å². The first kappa shape index (κ1) is 16.3. The van der Waals surface area contributed by atoms with E-state index in [1.165, 1.54) is 0 Å². The third-order valence-electron chi connectivity index (χ3n) is 4.18. The number of oxazole rings is 1. The summed E-state index contributed by atoms with van der Waals surface area (Å²) in [6.45, 7) is 4.24. The summed E-state index contributed by atoms with van der Waals surface area (Å²) in [5, 5.41) is 0. The molecular weight excluding hydrogens is 364 g/mol. The number of benzene rings is 1. The van der Waals surface area contributed by atoms with Crippen LogP contribution in [0.3, 0.4) is 0 Å². The van der Waals surface area contributed by atoms with Gasteiger partial charge in [0.1, 0.15) is 0 Å². The molecule has 124 valence electrons. The zero-order chi connectivity index (χ0) is 16.4. The van der Waals surface area contributed by atoms with Crippen molar-refractivity contribution in [2.75, 3.05) is 19.7 Å². The number of hydrogen-bond donors (Lipinski definition) is 0. The summed E-state index contributed by atoms with van der Waals surface area (Å²) in [7, 11) is 0. The topological polar surface area (TPSA) is 64.7 Å². The number of carbonyl (C=O) groups is 1. The van der Waals surface area contributed by atoms with Crippen LogP contribution in [0.5, 0.6) is 0 Å². The first-order valence-electron chi connectivity index (χ1n) is 7.76. The second-order valence-electron chi connectivity index (χ2n) is 5.69. The average Bonchev–Trinajstić information content (AvgIpc) is 2.83. The van der Waals surface area contributed by atoms with Crippen molar-refractivity contribution in [1.29, 1.82) is 0 Å². The van der Waals surface area contributed by atoms with Gasteiger partial charge in [-0.2, -0.15) is 0 Å². The van der Waals surface area contributed by atoms with Gasteiger partial charge in [-0.1, -0.05) is 15.9 Å². The largest absolute Gasteiger partial charge is 0.466 e. The zero-order valence-electron chi connectivity index (χ0n) is 13.0.